The van der Waals surface area contributed by atoms with Gasteiger partial charge in [-0.3, -0.25) is 0 Å². The highest BCUT2D eigenvalue weighted by molar-refractivity contribution is 6.31. The highest BCUT2D eigenvalue weighted by Gasteiger charge is 2.04. The van der Waals surface area contributed by atoms with E-state index in [0.717, 1.165) is 40.9 Å². The van der Waals surface area contributed by atoms with Gasteiger partial charge in [0.2, 0.25) is 0 Å². The van der Waals surface area contributed by atoms with E-state index >= 15 is 0 Å². The van der Waals surface area contributed by atoms with Gasteiger partial charge in [-0.2, -0.15) is 0 Å². The second kappa shape index (κ2) is 6.64. The van der Waals surface area contributed by atoms with Crippen LogP contribution in [0.3, 0.4) is 0 Å². The molecule has 0 radical (unpaired) electrons. The number of aryl methyl sites for hydroxylation is 1. The molecule has 0 fully saturated rings. The number of nitrogens with one attached hydrogen (secondary N) is 1. The van der Waals surface area contributed by atoms with E-state index in [9.17, 15) is 0 Å². The van der Waals surface area contributed by atoms with Crippen molar-refractivity contribution in [2.75, 3.05) is 6.54 Å². The van der Waals surface area contributed by atoms with Gasteiger partial charge in [0.1, 0.15) is 23.9 Å². The Morgan fingerprint density at radius 2 is 2.00 bits per heavy atom. The molecular formula is C15H18ClNO2. The monoisotopic (exact) mass is 279 g/mol. The van der Waals surface area contributed by atoms with Crippen molar-refractivity contribution in [3.8, 4) is 5.75 Å². The number of hydrogen-bond donors (Lipinski definition) is 1. The molecule has 0 aliphatic rings. The zero-order valence-electron chi connectivity index (χ0n) is 11.2. The molecule has 1 aromatic carbocycles. The van der Waals surface area contributed by atoms with Crippen LogP contribution in [0.5, 0.6) is 5.75 Å². The summed E-state index contributed by atoms with van der Waals surface area (Å²) >= 11 is 5.97. The van der Waals surface area contributed by atoms with Crippen LogP contribution >= 0.6 is 11.6 Å². The lowest BCUT2D eigenvalue weighted by Crippen LogP contribution is -2.10. The Hall–Kier alpha value is -1.45. The molecule has 0 saturated carbocycles. The zero-order valence-corrected chi connectivity index (χ0v) is 12.0. The predicted octanol–water partition coefficient (Wildman–Crippen LogP) is 3.93. The summed E-state index contributed by atoms with van der Waals surface area (Å²) in [6.45, 7) is 6.12. The molecule has 0 saturated heterocycles. The molecule has 2 aromatic rings. The summed E-state index contributed by atoms with van der Waals surface area (Å²) in [6.07, 6.45) is 0. The topological polar surface area (TPSA) is 34.4 Å². The maximum atomic E-state index is 5.97. The van der Waals surface area contributed by atoms with Crippen LogP contribution in [0, 0.1) is 6.92 Å². The Kier molecular flexibility index (Phi) is 4.88. The Balaban J connectivity index is 1.91. The number of rotatable bonds is 6. The zero-order chi connectivity index (χ0) is 13.7. The van der Waals surface area contributed by atoms with Crippen molar-refractivity contribution in [1.82, 2.24) is 5.32 Å². The van der Waals surface area contributed by atoms with Crippen molar-refractivity contribution in [3.63, 3.8) is 0 Å². The fraction of sp³-hybridized carbons (Fsp3) is 0.333. The summed E-state index contributed by atoms with van der Waals surface area (Å²) in [5.74, 6) is 2.54. The summed E-state index contributed by atoms with van der Waals surface area (Å²) in [5.41, 5.74) is 1.01. The minimum absolute atomic E-state index is 0.424. The van der Waals surface area contributed by atoms with E-state index in [-0.39, 0.29) is 0 Å². The first-order chi connectivity index (χ1) is 9.19. The minimum atomic E-state index is 0.424. The fourth-order valence-corrected chi connectivity index (χ4v) is 1.82. The molecule has 0 unspecified atom stereocenters. The average molecular weight is 280 g/mol. The third-order valence-corrected chi connectivity index (χ3v) is 3.20. The quantitative estimate of drug-likeness (QED) is 0.870. The molecule has 2 rings (SSSR count). The lowest BCUT2D eigenvalue weighted by Gasteiger charge is -2.06. The van der Waals surface area contributed by atoms with Crippen molar-refractivity contribution in [1.29, 1.82) is 0 Å². The van der Waals surface area contributed by atoms with E-state index in [1.807, 2.05) is 37.3 Å². The highest BCUT2D eigenvalue weighted by atomic mass is 35.5. The van der Waals surface area contributed by atoms with Gasteiger partial charge >= 0.3 is 0 Å². The predicted molar refractivity (Wildman–Crippen MR) is 76.6 cm³/mol. The fourth-order valence-electron chi connectivity index (χ4n) is 1.70. The van der Waals surface area contributed by atoms with E-state index in [0.29, 0.717) is 6.61 Å². The van der Waals surface area contributed by atoms with Crippen molar-refractivity contribution < 1.29 is 9.15 Å². The van der Waals surface area contributed by atoms with Gasteiger partial charge in [-0.15, -0.1) is 0 Å². The Morgan fingerprint density at radius 3 is 2.74 bits per heavy atom. The molecule has 0 aliphatic carbocycles. The lowest BCUT2D eigenvalue weighted by molar-refractivity contribution is 0.265. The van der Waals surface area contributed by atoms with Crippen molar-refractivity contribution in [2.24, 2.45) is 0 Å². The van der Waals surface area contributed by atoms with E-state index in [1.165, 1.54) is 0 Å². The molecule has 4 heteroatoms. The minimum Gasteiger partial charge on any atom is -0.486 e. The third kappa shape index (κ3) is 4.01. The largest absolute Gasteiger partial charge is 0.486 e. The maximum absolute atomic E-state index is 5.97. The van der Waals surface area contributed by atoms with Gasteiger partial charge in [0.05, 0.1) is 6.54 Å². The number of hydrogen-bond acceptors (Lipinski definition) is 3. The van der Waals surface area contributed by atoms with E-state index < -0.39 is 0 Å². The van der Waals surface area contributed by atoms with Gasteiger partial charge in [-0.1, -0.05) is 18.5 Å². The second-order valence-electron chi connectivity index (χ2n) is 4.35. The smallest absolute Gasteiger partial charge is 0.146 e. The van der Waals surface area contributed by atoms with Crippen LogP contribution < -0.4 is 10.1 Å². The molecule has 3 nitrogen and oxygen atoms in total. The van der Waals surface area contributed by atoms with Crippen LogP contribution in [0.1, 0.15) is 24.0 Å². The Morgan fingerprint density at radius 1 is 1.21 bits per heavy atom. The molecule has 1 heterocycles. The molecular weight excluding hydrogens is 262 g/mol. The summed E-state index contributed by atoms with van der Waals surface area (Å²) < 4.78 is 11.3. The SMILES string of the molecule is CCNCc1ccc(COc2ccc(Cl)c(C)c2)o1. The normalized spacial score (nSPS) is 10.7. The molecule has 19 heavy (non-hydrogen) atoms. The van der Waals surface area contributed by atoms with Crippen molar-refractivity contribution in [3.05, 3.63) is 52.4 Å². The molecule has 1 aromatic heterocycles. The van der Waals surface area contributed by atoms with Gasteiger partial charge < -0.3 is 14.5 Å². The molecule has 102 valence electrons. The van der Waals surface area contributed by atoms with Crippen LogP contribution in [0.4, 0.5) is 0 Å². The van der Waals surface area contributed by atoms with Gasteiger partial charge in [-0.25, -0.2) is 0 Å². The summed E-state index contributed by atoms with van der Waals surface area (Å²) in [7, 11) is 0. The lowest BCUT2D eigenvalue weighted by atomic mass is 10.2. The van der Waals surface area contributed by atoms with E-state index in [1.54, 1.807) is 0 Å². The molecule has 1 N–H and O–H groups in total. The van der Waals surface area contributed by atoms with Gasteiger partial charge in [-0.05, 0) is 49.4 Å². The van der Waals surface area contributed by atoms with E-state index in [2.05, 4.69) is 12.2 Å². The highest BCUT2D eigenvalue weighted by Crippen LogP contribution is 2.22. The number of ether oxygens (including phenoxy) is 1. The van der Waals surface area contributed by atoms with Crippen LogP contribution in [0.15, 0.2) is 34.7 Å². The van der Waals surface area contributed by atoms with Gasteiger partial charge in [0.15, 0.2) is 0 Å². The molecule has 0 atom stereocenters. The third-order valence-electron chi connectivity index (χ3n) is 2.78. The standard InChI is InChI=1S/C15H18ClNO2/c1-3-17-9-13-4-5-14(19-13)10-18-12-6-7-15(16)11(2)8-12/h4-8,17H,3,9-10H2,1-2H3. The van der Waals surface area contributed by atoms with Gasteiger partial charge in [0.25, 0.3) is 0 Å². The van der Waals surface area contributed by atoms with Crippen molar-refractivity contribution >= 4 is 11.6 Å². The Bertz CT molecular complexity index is 537. The van der Waals surface area contributed by atoms with Crippen LogP contribution in [0.25, 0.3) is 0 Å². The maximum Gasteiger partial charge on any atom is 0.146 e. The average Bonchev–Trinajstić information content (AvgIpc) is 2.86. The van der Waals surface area contributed by atoms with Crippen molar-refractivity contribution in [2.45, 2.75) is 27.0 Å². The van der Waals surface area contributed by atoms with Crippen LogP contribution in [-0.2, 0) is 13.2 Å². The first kappa shape index (κ1) is 14.0. The summed E-state index contributed by atoms with van der Waals surface area (Å²) in [4.78, 5) is 0. The van der Waals surface area contributed by atoms with Gasteiger partial charge in [0, 0.05) is 5.02 Å². The molecule has 0 bridgehead atoms. The van der Waals surface area contributed by atoms with E-state index in [4.69, 9.17) is 20.8 Å². The van der Waals surface area contributed by atoms with Crippen LogP contribution in [0.2, 0.25) is 5.02 Å². The molecule has 0 aliphatic heterocycles. The summed E-state index contributed by atoms with van der Waals surface area (Å²) in [5, 5.41) is 3.96. The summed E-state index contributed by atoms with van der Waals surface area (Å²) in [6, 6.07) is 9.53. The number of halogens is 1. The Labute approximate surface area is 118 Å². The first-order valence-corrected chi connectivity index (χ1v) is 6.74. The second-order valence-corrected chi connectivity index (χ2v) is 4.76. The first-order valence-electron chi connectivity index (χ1n) is 6.36. The number of furan rings is 1. The van der Waals surface area contributed by atoms with Crippen LogP contribution in [-0.4, -0.2) is 6.54 Å². The number of benzene rings is 1. The molecule has 0 amide bonds. The molecule has 0 spiro atoms.